The molecule has 0 radical (unpaired) electrons. The first-order valence-electron chi connectivity index (χ1n) is 8.12. The van der Waals surface area contributed by atoms with Crippen molar-refractivity contribution >= 4 is 22.5 Å². The fourth-order valence-corrected chi connectivity index (χ4v) is 2.69. The van der Waals surface area contributed by atoms with Crippen LogP contribution in [-0.2, 0) is 4.79 Å². The van der Waals surface area contributed by atoms with E-state index in [-0.39, 0.29) is 30.0 Å². The molecule has 134 valence electrons. The number of fused-ring (bicyclic) bond motifs is 1. The van der Waals surface area contributed by atoms with Crippen molar-refractivity contribution < 1.29 is 19.0 Å². The van der Waals surface area contributed by atoms with Crippen LogP contribution in [0.4, 0.5) is 10.1 Å². The second-order valence-corrected chi connectivity index (χ2v) is 5.99. The first-order chi connectivity index (χ1) is 12.5. The van der Waals surface area contributed by atoms with E-state index in [0.717, 1.165) is 5.52 Å². The number of carbonyl (C=O) groups excluding carboxylic acids is 1. The second kappa shape index (κ2) is 7.35. The minimum absolute atomic E-state index is 0.0101. The van der Waals surface area contributed by atoms with Gasteiger partial charge < -0.3 is 14.4 Å². The van der Waals surface area contributed by atoms with E-state index in [1.165, 1.54) is 24.3 Å². The molecule has 7 heteroatoms. The lowest BCUT2D eigenvalue weighted by atomic mass is 10.2. The van der Waals surface area contributed by atoms with Gasteiger partial charge in [-0.2, -0.15) is 0 Å². The molecular weight excluding hydrogens is 337 g/mol. The van der Waals surface area contributed by atoms with Crippen LogP contribution in [0, 0.1) is 5.82 Å². The molecule has 0 aliphatic carbocycles. The SMILES string of the molecule is CC(C)n1c(O)c(N=NC(=O)COc2cccc(F)c2)c2ccccc21. The summed E-state index contributed by atoms with van der Waals surface area (Å²) in [5.41, 5.74) is 1.03. The zero-order chi connectivity index (χ0) is 18.7. The third-order valence-electron chi connectivity index (χ3n) is 3.80. The van der Waals surface area contributed by atoms with E-state index in [9.17, 15) is 14.3 Å². The summed E-state index contributed by atoms with van der Waals surface area (Å²) >= 11 is 0. The largest absolute Gasteiger partial charge is 0.493 e. The molecule has 1 N–H and O–H groups in total. The summed E-state index contributed by atoms with van der Waals surface area (Å²) in [5.74, 6) is -0.922. The Balaban J connectivity index is 1.80. The molecule has 0 atom stereocenters. The van der Waals surface area contributed by atoms with Crippen molar-refractivity contribution in [3.63, 3.8) is 0 Å². The van der Waals surface area contributed by atoms with Crippen LogP contribution in [0.3, 0.4) is 0 Å². The van der Waals surface area contributed by atoms with E-state index >= 15 is 0 Å². The van der Waals surface area contributed by atoms with E-state index in [0.29, 0.717) is 5.39 Å². The van der Waals surface area contributed by atoms with Crippen LogP contribution >= 0.6 is 0 Å². The van der Waals surface area contributed by atoms with Crippen LogP contribution in [0.2, 0.25) is 0 Å². The number of para-hydroxylation sites is 1. The monoisotopic (exact) mass is 355 g/mol. The smallest absolute Gasteiger partial charge is 0.302 e. The van der Waals surface area contributed by atoms with E-state index in [4.69, 9.17) is 4.74 Å². The summed E-state index contributed by atoms with van der Waals surface area (Å²) in [6.07, 6.45) is 0. The van der Waals surface area contributed by atoms with Gasteiger partial charge in [0, 0.05) is 17.5 Å². The Morgan fingerprint density at radius 3 is 2.73 bits per heavy atom. The first-order valence-corrected chi connectivity index (χ1v) is 8.12. The number of hydrogen-bond acceptors (Lipinski definition) is 4. The number of aromatic nitrogens is 1. The Hall–Kier alpha value is -3.22. The number of amides is 1. The topological polar surface area (TPSA) is 76.2 Å². The van der Waals surface area contributed by atoms with Crippen molar-refractivity contribution in [1.82, 2.24) is 4.57 Å². The lowest BCUT2D eigenvalue weighted by Gasteiger charge is -2.10. The van der Waals surface area contributed by atoms with Gasteiger partial charge >= 0.3 is 5.91 Å². The fourth-order valence-electron chi connectivity index (χ4n) is 2.69. The molecule has 0 unspecified atom stereocenters. The summed E-state index contributed by atoms with van der Waals surface area (Å²) in [5, 5.41) is 18.7. The maximum Gasteiger partial charge on any atom is 0.302 e. The van der Waals surface area contributed by atoms with Gasteiger partial charge in [-0.1, -0.05) is 24.3 Å². The average Bonchev–Trinajstić information content (AvgIpc) is 2.90. The highest BCUT2D eigenvalue weighted by Gasteiger charge is 2.18. The van der Waals surface area contributed by atoms with E-state index in [2.05, 4.69) is 10.2 Å². The second-order valence-electron chi connectivity index (χ2n) is 5.99. The van der Waals surface area contributed by atoms with Crippen molar-refractivity contribution in [2.24, 2.45) is 10.2 Å². The molecule has 3 rings (SSSR count). The van der Waals surface area contributed by atoms with Gasteiger partial charge in [-0.25, -0.2) is 4.39 Å². The normalized spacial score (nSPS) is 11.5. The first kappa shape index (κ1) is 17.6. The molecule has 1 heterocycles. The third-order valence-corrected chi connectivity index (χ3v) is 3.80. The molecule has 0 spiro atoms. The van der Waals surface area contributed by atoms with Gasteiger partial charge in [0.2, 0.25) is 5.88 Å². The quantitative estimate of drug-likeness (QED) is 0.671. The third kappa shape index (κ3) is 3.56. The van der Waals surface area contributed by atoms with Gasteiger partial charge in [0.25, 0.3) is 0 Å². The molecular formula is C19H18FN3O3. The zero-order valence-corrected chi connectivity index (χ0v) is 14.4. The Kier molecular flexibility index (Phi) is 4.97. The Morgan fingerprint density at radius 1 is 1.23 bits per heavy atom. The number of nitrogens with zero attached hydrogens (tertiary/aromatic N) is 3. The molecule has 1 aromatic heterocycles. The van der Waals surface area contributed by atoms with Crippen LogP contribution in [0.1, 0.15) is 19.9 Å². The van der Waals surface area contributed by atoms with Crippen LogP contribution in [-0.4, -0.2) is 22.2 Å². The summed E-state index contributed by atoms with van der Waals surface area (Å²) < 4.78 is 20.0. The highest BCUT2D eigenvalue weighted by molar-refractivity contribution is 5.95. The van der Waals surface area contributed by atoms with Crippen molar-refractivity contribution in [3.8, 4) is 11.6 Å². The van der Waals surface area contributed by atoms with Crippen LogP contribution < -0.4 is 4.74 Å². The standard InChI is InChI=1S/C19H18FN3O3/c1-12(2)23-16-9-4-3-8-15(16)18(19(23)25)22-21-17(24)11-26-14-7-5-6-13(20)10-14/h3-10,12,25H,11H2,1-2H3. The van der Waals surface area contributed by atoms with Crippen LogP contribution in [0.15, 0.2) is 58.8 Å². The van der Waals surface area contributed by atoms with E-state index in [1.807, 2.05) is 32.0 Å². The number of rotatable bonds is 5. The molecule has 0 bridgehead atoms. The molecule has 2 aromatic carbocycles. The molecule has 26 heavy (non-hydrogen) atoms. The molecule has 0 saturated carbocycles. The molecule has 0 fully saturated rings. The van der Waals surface area contributed by atoms with Gasteiger partial charge in [-0.15, -0.1) is 10.2 Å². The predicted octanol–water partition coefficient (Wildman–Crippen LogP) is 4.76. The molecule has 3 aromatic rings. The number of carbonyl (C=O) groups is 1. The summed E-state index contributed by atoms with van der Waals surface area (Å²) in [6, 6.07) is 12.8. The Morgan fingerprint density at radius 2 is 2.00 bits per heavy atom. The van der Waals surface area contributed by atoms with Crippen molar-refractivity contribution in [2.45, 2.75) is 19.9 Å². The minimum atomic E-state index is -0.643. The van der Waals surface area contributed by atoms with Crippen molar-refractivity contribution in [1.29, 1.82) is 0 Å². The van der Waals surface area contributed by atoms with Gasteiger partial charge in [-0.05, 0) is 32.0 Å². The summed E-state index contributed by atoms with van der Waals surface area (Å²) in [4.78, 5) is 11.9. The highest BCUT2D eigenvalue weighted by Crippen LogP contribution is 2.40. The number of halogens is 1. The van der Waals surface area contributed by atoms with Gasteiger partial charge in [0.1, 0.15) is 11.6 Å². The molecule has 0 aliphatic rings. The maximum atomic E-state index is 13.1. The lowest BCUT2D eigenvalue weighted by Crippen LogP contribution is -2.07. The van der Waals surface area contributed by atoms with Crippen LogP contribution in [0.25, 0.3) is 10.9 Å². The Bertz CT molecular complexity index is 979. The number of hydrogen-bond donors (Lipinski definition) is 1. The number of ether oxygens (including phenoxy) is 1. The lowest BCUT2D eigenvalue weighted by molar-refractivity contribution is -0.120. The van der Waals surface area contributed by atoms with E-state index in [1.54, 1.807) is 10.6 Å². The number of benzene rings is 2. The molecule has 1 amide bonds. The molecule has 6 nitrogen and oxygen atoms in total. The zero-order valence-electron chi connectivity index (χ0n) is 14.4. The highest BCUT2D eigenvalue weighted by atomic mass is 19.1. The summed E-state index contributed by atoms with van der Waals surface area (Å²) in [7, 11) is 0. The number of aromatic hydroxyl groups is 1. The average molecular weight is 355 g/mol. The summed E-state index contributed by atoms with van der Waals surface area (Å²) in [6.45, 7) is 3.49. The predicted molar refractivity (Wildman–Crippen MR) is 95.4 cm³/mol. The minimum Gasteiger partial charge on any atom is -0.493 e. The Labute approximate surface area is 149 Å². The molecule has 0 saturated heterocycles. The van der Waals surface area contributed by atoms with E-state index < -0.39 is 11.7 Å². The van der Waals surface area contributed by atoms with Crippen molar-refractivity contribution in [2.75, 3.05) is 6.61 Å². The van der Waals surface area contributed by atoms with Gasteiger partial charge in [0.05, 0.1) is 5.52 Å². The van der Waals surface area contributed by atoms with Crippen LogP contribution in [0.5, 0.6) is 11.6 Å². The van der Waals surface area contributed by atoms with Gasteiger partial charge in [-0.3, -0.25) is 4.79 Å². The van der Waals surface area contributed by atoms with Gasteiger partial charge in [0.15, 0.2) is 12.3 Å². The van der Waals surface area contributed by atoms with Crippen molar-refractivity contribution in [3.05, 3.63) is 54.3 Å². The number of azo groups is 1. The fraction of sp³-hybridized carbons (Fsp3) is 0.211. The molecule has 0 aliphatic heterocycles. The maximum absolute atomic E-state index is 13.1.